The third-order valence-electron chi connectivity index (χ3n) is 2.33. The zero-order chi connectivity index (χ0) is 12.6. The summed E-state index contributed by atoms with van der Waals surface area (Å²) in [6.07, 6.45) is 2.03. The van der Waals surface area contributed by atoms with Crippen molar-refractivity contribution in [3.05, 3.63) is 30.1 Å². The van der Waals surface area contributed by atoms with Crippen LogP contribution < -0.4 is 56.8 Å². The largest absolute Gasteiger partial charge is 1.00 e. The Morgan fingerprint density at radius 2 is 2.11 bits per heavy atom. The standard InChI is InChI=1S/C9H7BF3N2O2.K/c1-17-9(16)6-2-3-15-8(4-6)7(5-14-15)10(11,12)13;/h2-5H,1H3;/q-1;+1. The Labute approximate surface area is 143 Å². The summed E-state index contributed by atoms with van der Waals surface area (Å²) in [7, 11) is 1.16. The number of nitrogens with zero attached hydrogens (tertiary/aromatic N) is 2. The smallest absolute Gasteiger partial charge is 0.465 e. The second-order valence-electron chi connectivity index (χ2n) is 3.41. The average molecular weight is 282 g/mol. The molecule has 9 heteroatoms. The predicted molar refractivity (Wildman–Crippen MR) is 55.2 cm³/mol. The summed E-state index contributed by atoms with van der Waals surface area (Å²) in [5.74, 6) is -0.686. The first-order chi connectivity index (χ1) is 7.93. The van der Waals surface area contributed by atoms with E-state index in [9.17, 15) is 17.7 Å². The molecule has 0 atom stereocenters. The molecule has 18 heavy (non-hydrogen) atoms. The minimum Gasteiger partial charge on any atom is -0.465 e. The van der Waals surface area contributed by atoms with Gasteiger partial charge in [-0.25, -0.2) is 9.31 Å². The fourth-order valence-electron chi connectivity index (χ4n) is 1.50. The molecular weight excluding hydrogens is 275 g/mol. The zero-order valence-corrected chi connectivity index (χ0v) is 12.9. The van der Waals surface area contributed by atoms with E-state index in [1.54, 1.807) is 0 Å². The van der Waals surface area contributed by atoms with Crippen molar-refractivity contribution in [3.63, 3.8) is 0 Å². The molecule has 0 saturated heterocycles. The third-order valence-corrected chi connectivity index (χ3v) is 2.33. The molecule has 0 aliphatic carbocycles. The number of methoxy groups -OCH3 is 1. The van der Waals surface area contributed by atoms with E-state index in [4.69, 9.17) is 0 Å². The molecule has 2 aromatic heterocycles. The number of aromatic nitrogens is 2. The number of carbonyl (C=O) groups excluding carboxylic acids is 1. The van der Waals surface area contributed by atoms with Gasteiger partial charge in [-0.3, -0.25) is 0 Å². The van der Waals surface area contributed by atoms with Crippen LogP contribution in [0.2, 0.25) is 0 Å². The number of fused-ring (bicyclic) bond motifs is 1. The summed E-state index contributed by atoms with van der Waals surface area (Å²) in [4.78, 5) is 11.2. The molecule has 0 unspecified atom stereocenters. The van der Waals surface area contributed by atoms with Gasteiger partial charge in [0.15, 0.2) is 0 Å². The van der Waals surface area contributed by atoms with E-state index in [2.05, 4.69) is 9.84 Å². The number of esters is 1. The number of carbonyl (C=O) groups is 1. The van der Waals surface area contributed by atoms with Crippen LogP contribution in [0.3, 0.4) is 0 Å². The molecule has 0 fully saturated rings. The Kier molecular flexibility index (Phi) is 5.01. The van der Waals surface area contributed by atoms with Crippen molar-refractivity contribution in [3.8, 4) is 0 Å². The van der Waals surface area contributed by atoms with Crippen LogP contribution in [0.25, 0.3) is 5.52 Å². The van der Waals surface area contributed by atoms with Gasteiger partial charge in [0, 0.05) is 17.9 Å². The first-order valence-corrected chi connectivity index (χ1v) is 4.69. The van der Waals surface area contributed by atoms with Gasteiger partial charge in [0.2, 0.25) is 0 Å². The minimum atomic E-state index is -5.15. The van der Waals surface area contributed by atoms with Gasteiger partial charge < -0.3 is 17.7 Å². The summed E-state index contributed by atoms with van der Waals surface area (Å²) < 4.78 is 43.5. The van der Waals surface area contributed by atoms with Gasteiger partial charge in [0.1, 0.15) is 0 Å². The molecular formula is C9H7BF3KN2O2. The molecule has 0 bridgehead atoms. The van der Waals surface area contributed by atoms with Gasteiger partial charge >= 0.3 is 64.3 Å². The number of rotatable bonds is 2. The maximum Gasteiger partial charge on any atom is 1.00 e. The van der Waals surface area contributed by atoms with Gasteiger partial charge in [-0.1, -0.05) is 5.46 Å². The topological polar surface area (TPSA) is 43.6 Å². The second kappa shape index (κ2) is 5.74. The first-order valence-electron chi connectivity index (χ1n) is 4.69. The summed E-state index contributed by atoms with van der Waals surface area (Å²) >= 11 is 0. The van der Waals surface area contributed by atoms with Crippen molar-refractivity contribution in [2.24, 2.45) is 0 Å². The van der Waals surface area contributed by atoms with E-state index in [-0.39, 0.29) is 62.5 Å². The van der Waals surface area contributed by atoms with Gasteiger partial charge in [-0.15, -0.1) is 0 Å². The van der Waals surface area contributed by atoms with Crippen LogP contribution in [0, 0.1) is 0 Å². The molecule has 2 rings (SSSR count). The summed E-state index contributed by atoms with van der Waals surface area (Å²) in [6.45, 7) is -5.15. The molecule has 0 amide bonds. The SMILES string of the molecule is COC(=O)c1ccn2ncc([B-](F)(F)F)c2c1.[K+]. The molecule has 0 radical (unpaired) electrons. The molecule has 0 saturated carbocycles. The monoisotopic (exact) mass is 282 g/mol. The summed E-state index contributed by atoms with van der Waals surface area (Å²) in [5.41, 5.74) is -0.919. The van der Waals surface area contributed by atoms with Crippen molar-refractivity contribution >= 4 is 23.9 Å². The predicted octanol–water partition coefficient (Wildman–Crippen LogP) is -1.82. The molecule has 0 spiro atoms. The molecule has 0 aliphatic rings. The van der Waals surface area contributed by atoms with E-state index in [0.717, 1.165) is 23.9 Å². The molecule has 4 nitrogen and oxygen atoms in total. The Morgan fingerprint density at radius 1 is 1.44 bits per heavy atom. The quantitative estimate of drug-likeness (QED) is 0.481. The van der Waals surface area contributed by atoms with Crippen molar-refractivity contribution < 1.29 is 73.9 Å². The first kappa shape index (κ1) is 15.7. The Bertz CT molecular complexity index is 585. The number of hydrogen-bond donors (Lipinski definition) is 0. The molecule has 2 aromatic rings. The molecule has 0 aliphatic heterocycles. The van der Waals surface area contributed by atoms with Crippen LogP contribution in [-0.2, 0) is 4.74 Å². The van der Waals surface area contributed by atoms with Gasteiger partial charge in [0.05, 0.1) is 12.7 Å². The Hall–Kier alpha value is -0.349. The van der Waals surface area contributed by atoms with Crippen LogP contribution in [0.4, 0.5) is 12.9 Å². The fourth-order valence-corrected chi connectivity index (χ4v) is 1.50. The summed E-state index contributed by atoms with van der Waals surface area (Å²) in [5, 5.41) is 3.57. The van der Waals surface area contributed by atoms with E-state index in [0.29, 0.717) is 0 Å². The number of halogens is 3. The second-order valence-corrected chi connectivity index (χ2v) is 3.41. The Balaban J connectivity index is 0.00000162. The molecule has 0 N–H and O–H groups in total. The van der Waals surface area contributed by atoms with E-state index in [1.165, 1.54) is 12.3 Å². The third kappa shape index (κ3) is 2.97. The average Bonchev–Trinajstić information content (AvgIpc) is 2.70. The maximum absolute atomic E-state index is 12.7. The molecule has 0 aromatic carbocycles. The minimum absolute atomic E-state index is 0. The van der Waals surface area contributed by atoms with Gasteiger partial charge in [-0.2, -0.15) is 5.10 Å². The number of hydrogen-bond acceptors (Lipinski definition) is 3. The zero-order valence-electron chi connectivity index (χ0n) is 9.73. The van der Waals surface area contributed by atoms with Gasteiger partial charge in [0.25, 0.3) is 0 Å². The van der Waals surface area contributed by atoms with Gasteiger partial charge in [-0.05, 0) is 12.1 Å². The number of pyridine rings is 1. The normalized spacial score (nSPS) is 11.1. The molecule has 2 heterocycles. The van der Waals surface area contributed by atoms with Crippen LogP contribution >= 0.6 is 0 Å². The molecule has 90 valence electrons. The van der Waals surface area contributed by atoms with Crippen molar-refractivity contribution in [2.75, 3.05) is 7.11 Å². The van der Waals surface area contributed by atoms with E-state index < -0.39 is 18.4 Å². The van der Waals surface area contributed by atoms with Crippen LogP contribution in [0.1, 0.15) is 10.4 Å². The van der Waals surface area contributed by atoms with Crippen molar-refractivity contribution in [2.45, 2.75) is 0 Å². The fraction of sp³-hybridized carbons (Fsp3) is 0.111. The van der Waals surface area contributed by atoms with E-state index in [1.807, 2.05) is 0 Å². The van der Waals surface area contributed by atoms with Crippen molar-refractivity contribution in [1.82, 2.24) is 9.61 Å². The summed E-state index contributed by atoms with van der Waals surface area (Å²) in [6, 6.07) is 2.46. The number of ether oxygens (including phenoxy) is 1. The van der Waals surface area contributed by atoms with Crippen LogP contribution in [0.15, 0.2) is 24.5 Å². The van der Waals surface area contributed by atoms with E-state index >= 15 is 0 Å². The van der Waals surface area contributed by atoms with Crippen LogP contribution in [-0.4, -0.2) is 29.7 Å². The maximum atomic E-state index is 12.7. The van der Waals surface area contributed by atoms with Crippen LogP contribution in [0.5, 0.6) is 0 Å². The van der Waals surface area contributed by atoms with Crippen molar-refractivity contribution in [1.29, 1.82) is 0 Å². The Morgan fingerprint density at radius 3 is 2.67 bits per heavy atom.